The van der Waals surface area contributed by atoms with E-state index in [9.17, 15) is 0 Å². The second-order valence-corrected chi connectivity index (χ2v) is 5.28. The van der Waals surface area contributed by atoms with Gasteiger partial charge in [-0.2, -0.15) is 0 Å². The van der Waals surface area contributed by atoms with E-state index in [0.29, 0.717) is 10.3 Å². The standard InChI is InChI=1S/C15H16Cl2N2O/c1-9-8-13(16)19-15(17)14(9)18-10(2)11-6-4-5-7-12(11)20-3/h4-8,10,18H,1-3H3. The molecule has 0 aliphatic heterocycles. The summed E-state index contributed by atoms with van der Waals surface area (Å²) in [4.78, 5) is 4.06. The smallest absolute Gasteiger partial charge is 0.154 e. The maximum absolute atomic E-state index is 6.15. The third-order valence-electron chi connectivity index (χ3n) is 3.11. The van der Waals surface area contributed by atoms with Crippen LogP contribution in [0.4, 0.5) is 5.69 Å². The zero-order valence-corrected chi connectivity index (χ0v) is 13.1. The van der Waals surface area contributed by atoms with Crippen LogP contribution >= 0.6 is 23.2 Å². The molecule has 0 amide bonds. The number of aryl methyl sites for hydroxylation is 1. The fourth-order valence-corrected chi connectivity index (χ4v) is 2.67. The normalized spacial score (nSPS) is 12.1. The number of aromatic nitrogens is 1. The van der Waals surface area contributed by atoms with Gasteiger partial charge in [0.2, 0.25) is 0 Å². The number of pyridine rings is 1. The Morgan fingerprint density at radius 2 is 1.95 bits per heavy atom. The summed E-state index contributed by atoms with van der Waals surface area (Å²) in [6, 6.07) is 9.68. The van der Waals surface area contributed by atoms with E-state index in [0.717, 1.165) is 22.6 Å². The molecule has 0 radical (unpaired) electrons. The topological polar surface area (TPSA) is 34.1 Å². The molecule has 0 saturated carbocycles. The SMILES string of the molecule is COc1ccccc1C(C)Nc1c(C)cc(Cl)nc1Cl. The van der Waals surface area contributed by atoms with Crippen molar-refractivity contribution in [3.05, 3.63) is 51.8 Å². The molecule has 1 heterocycles. The molecule has 20 heavy (non-hydrogen) atoms. The third-order valence-corrected chi connectivity index (χ3v) is 3.57. The van der Waals surface area contributed by atoms with Crippen molar-refractivity contribution in [2.45, 2.75) is 19.9 Å². The molecule has 0 fully saturated rings. The number of rotatable bonds is 4. The van der Waals surface area contributed by atoms with E-state index in [1.54, 1.807) is 13.2 Å². The fraction of sp³-hybridized carbons (Fsp3) is 0.267. The van der Waals surface area contributed by atoms with E-state index in [4.69, 9.17) is 27.9 Å². The molecule has 106 valence electrons. The molecule has 0 saturated heterocycles. The van der Waals surface area contributed by atoms with Crippen LogP contribution in [0.15, 0.2) is 30.3 Å². The van der Waals surface area contributed by atoms with Crippen molar-refractivity contribution in [3.8, 4) is 5.75 Å². The van der Waals surface area contributed by atoms with Gasteiger partial charge < -0.3 is 10.1 Å². The van der Waals surface area contributed by atoms with Crippen molar-refractivity contribution in [2.24, 2.45) is 0 Å². The number of benzene rings is 1. The molecular weight excluding hydrogens is 295 g/mol. The van der Waals surface area contributed by atoms with E-state index >= 15 is 0 Å². The predicted octanol–water partition coefficient (Wildman–Crippen LogP) is 4.88. The highest BCUT2D eigenvalue weighted by molar-refractivity contribution is 6.34. The summed E-state index contributed by atoms with van der Waals surface area (Å²) in [5, 5.41) is 4.13. The van der Waals surface area contributed by atoms with Crippen molar-refractivity contribution in [1.29, 1.82) is 0 Å². The van der Waals surface area contributed by atoms with Crippen molar-refractivity contribution >= 4 is 28.9 Å². The lowest BCUT2D eigenvalue weighted by Gasteiger charge is -2.20. The van der Waals surface area contributed by atoms with Gasteiger partial charge in [-0.15, -0.1) is 0 Å². The molecule has 1 N–H and O–H groups in total. The van der Waals surface area contributed by atoms with Crippen LogP contribution in [0.1, 0.15) is 24.1 Å². The number of nitrogens with one attached hydrogen (secondary N) is 1. The number of para-hydroxylation sites is 1. The maximum atomic E-state index is 6.15. The average molecular weight is 311 g/mol. The van der Waals surface area contributed by atoms with E-state index in [1.165, 1.54) is 0 Å². The number of ether oxygens (including phenoxy) is 1. The minimum absolute atomic E-state index is 0.0327. The summed E-state index contributed by atoms with van der Waals surface area (Å²) in [5.74, 6) is 0.836. The van der Waals surface area contributed by atoms with Crippen LogP contribution < -0.4 is 10.1 Å². The number of anilines is 1. The first-order valence-electron chi connectivity index (χ1n) is 6.25. The van der Waals surface area contributed by atoms with Crippen LogP contribution in [-0.4, -0.2) is 12.1 Å². The minimum atomic E-state index is 0.0327. The number of hydrogen-bond donors (Lipinski definition) is 1. The Kier molecular flexibility index (Phi) is 4.73. The monoisotopic (exact) mass is 310 g/mol. The molecule has 2 rings (SSSR count). The van der Waals surface area contributed by atoms with Crippen LogP contribution in [0.25, 0.3) is 0 Å². The zero-order chi connectivity index (χ0) is 14.7. The quantitative estimate of drug-likeness (QED) is 0.817. The lowest BCUT2D eigenvalue weighted by atomic mass is 10.1. The van der Waals surface area contributed by atoms with E-state index in [-0.39, 0.29) is 6.04 Å². The van der Waals surface area contributed by atoms with Gasteiger partial charge in [0.25, 0.3) is 0 Å². The highest BCUT2D eigenvalue weighted by atomic mass is 35.5. The van der Waals surface area contributed by atoms with Crippen LogP contribution in [-0.2, 0) is 0 Å². The first-order chi connectivity index (χ1) is 9.52. The molecule has 2 aromatic rings. The number of nitrogens with zero attached hydrogens (tertiary/aromatic N) is 1. The first-order valence-corrected chi connectivity index (χ1v) is 7.00. The lowest BCUT2D eigenvalue weighted by Crippen LogP contribution is -2.10. The summed E-state index contributed by atoms with van der Waals surface area (Å²) >= 11 is 12.0. The van der Waals surface area contributed by atoms with Gasteiger partial charge in [0.15, 0.2) is 5.15 Å². The van der Waals surface area contributed by atoms with Gasteiger partial charge in [-0.25, -0.2) is 4.98 Å². The average Bonchev–Trinajstić information content (AvgIpc) is 2.42. The molecule has 1 aromatic carbocycles. The number of methoxy groups -OCH3 is 1. The predicted molar refractivity (Wildman–Crippen MR) is 84.0 cm³/mol. The Morgan fingerprint density at radius 3 is 2.60 bits per heavy atom. The van der Waals surface area contributed by atoms with Gasteiger partial charge in [-0.3, -0.25) is 0 Å². The molecule has 0 aliphatic carbocycles. The third kappa shape index (κ3) is 3.17. The Hall–Kier alpha value is -1.45. The van der Waals surface area contributed by atoms with Crippen LogP contribution in [0, 0.1) is 6.92 Å². The Labute approximate surface area is 128 Å². The highest BCUT2D eigenvalue weighted by Gasteiger charge is 2.14. The second kappa shape index (κ2) is 6.33. The Morgan fingerprint density at radius 1 is 1.25 bits per heavy atom. The summed E-state index contributed by atoms with van der Waals surface area (Å²) < 4.78 is 5.37. The van der Waals surface area contributed by atoms with Gasteiger partial charge in [0, 0.05) is 5.56 Å². The molecule has 3 nitrogen and oxygen atoms in total. The molecule has 0 spiro atoms. The van der Waals surface area contributed by atoms with E-state index in [1.807, 2.05) is 38.1 Å². The van der Waals surface area contributed by atoms with Gasteiger partial charge in [0.1, 0.15) is 10.9 Å². The largest absolute Gasteiger partial charge is 0.496 e. The maximum Gasteiger partial charge on any atom is 0.154 e. The molecule has 1 unspecified atom stereocenters. The summed E-state index contributed by atoms with van der Waals surface area (Å²) in [7, 11) is 1.66. The molecular formula is C15H16Cl2N2O. The van der Waals surface area contributed by atoms with E-state index in [2.05, 4.69) is 10.3 Å². The van der Waals surface area contributed by atoms with E-state index < -0.39 is 0 Å². The molecule has 5 heteroatoms. The van der Waals surface area contributed by atoms with Crippen molar-refractivity contribution in [2.75, 3.05) is 12.4 Å². The lowest BCUT2D eigenvalue weighted by molar-refractivity contribution is 0.408. The van der Waals surface area contributed by atoms with Crippen molar-refractivity contribution < 1.29 is 4.74 Å². The zero-order valence-electron chi connectivity index (χ0n) is 11.6. The summed E-state index contributed by atoms with van der Waals surface area (Å²) in [6.07, 6.45) is 0. The highest BCUT2D eigenvalue weighted by Crippen LogP contribution is 2.32. The Bertz CT molecular complexity index is 594. The van der Waals surface area contributed by atoms with Crippen LogP contribution in [0.2, 0.25) is 10.3 Å². The second-order valence-electron chi connectivity index (χ2n) is 4.54. The molecule has 0 bridgehead atoms. The first kappa shape index (κ1) is 14.9. The fourth-order valence-electron chi connectivity index (χ4n) is 2.09. The summed E-state index contributed by atoms with van der Waals surface area (Å²) in [6.45, 7) is 3.99. The van der Waals surface area contributed by atoms with Crippen LogP contribution in [0.3, 0.4) is 0 Å². The van der Waals surface area contributed by atoms with Crippen LogP contribution in [0.5, 0.6) is 5.75 Å². The molecule has 0 aliphatic rings. The van der Waals surface area contributed by atoms with Gasteiger partial charge in [-0.1, -0.05) is 41.4 Å². The van der Waals surface area contributed by atoms with Gasteiger partial charge in [-0.05, 0) is 31.5 Å². The minimum Gasteiger partial charge on any atom is -0.496 e. The van der Waals surface area contributed by atoms with Crippen molar-refractivity contribution in [3.63, 3.8) is 0 Å². The Balaban J connectivity index is 2.30. The molecule has 1 aromatic heterocycles. The van der Waals surface area contributed by atoms with Gasteiger partial charge >= 0.3 is 0 Å². The molecule has 1 atom stereocenters. The van der Waals surface area contributed by atoms with Crippen molar-refractivity contribution in [1.82, 2.24) is 4.98 Å². The van der Waals surface area contributed by atoms with Gasteiger partial charge in [0.05, 0.1) is 18.8 Å². The number of hydrogen-bond acceptors (Lipinski definition) is 3. The number of halogens is 2. The summed E-state index contributed by atoms with van der Waals surface area (Å²) in [5.41, 5.74) is 2.80.